The van der Waals surface area contributed by atoms with E-state index in [0.717, 1.165) is 28.1 Å². The van der Waals surface area contributed by atoms with Gasteiger partial charge in [-0.1, -0.05) is 54.9 Å². The zero-order chi connectivity index (χ0) is 25.5. The zero-order valence-corrected chi connectivity index (χ0v) is 22.0. The average Bonchev–Trinajstić information content (AvgIpc) is 2.79. The van der Waals surface area contributed by atoms with Crippen molar-refractivity contribution in [1.29, 1.82) is 0 Å². The minimum absolute atomic E-state index is 0.0387. The highest BCUT2D eigenvalue weighted by Crippen LogP contribution is 2.25. The number of rotatable bonds is 11. The van der Waals surface area contributed by atoms with Crippen molar-refractivity contribution in [1.82, 2.24) is 10.2 Å². The molecule has 34 heavy (non-hydrogen) atoms. The molecule has 0 unspecified atom stereocenters. The Morgan fingerprint density at radius 3 is 2.29 bits per heavy atom. The molecule has 0 aliphatic heterocycles. The number of nitrogens with one attached hydrogen (secondary N) is 1. The van der Waals surface area contributed by atoms with Crippen LogP contribution in [0.1, 0.15) is 38.3 Å². The number of nitrogens with zero attached hydrogens (tertiary/aromatic N) is 2. The first kappa shape index (κ1) is 27.7. The van der Waals surface area contributed by atoms with E-state index in [1.54, 1.807) is 19.1 Å². The summed E-state index contributed by atoms with van der Waals surface area (Å²) >= 11 is 6.21. The number of carbonyl (C=O) groups is 2. The molecule has 0 bridgehead atoms. The van der Waals surface area contributed by atoms with Gasteiger partial charge < -0.3 is 10.2 Å². The van der Waals surface area contributed by atoms with Crippen LogP contribution in [0.5, 0.6) is 0 Å². The van der Waals surface area contributed by atoms with E-state index in [1.165, 1.54) is 11.0 Å². The molecule has 2 aromatic rings. The van der Waals surface area contributed by atoms with Gasteiger partial charge in [-0.2, -0.15) is 0 Å². The minimum atomic E-state index is -3.79. The summed E-state index contributed by atoms with van der Waals surface area (Å²) < 4.78 is 26.2. The average molecular weight is 508 g/mol. The van der Waals surface area contributed by atoms with Crippen LogP contribution >= 0.6 is 11.6 Å². The third-order valence-electron chi connectivity index (χ3n) is 5.78. The van der Waals surface area contributed by atoms with Crippen LogP contribution in [0.25, 0.3) is 0 Å². The summed E-state index contributed by atoms with van der Waals surface area (Å²) in [5, 5.41) is 3.31. The van der Waals surface area contributed by atoms with Gasteiger partial charge in [0.2, 0.25) is 21.8 Å². The molecule has 2 rings (SSSR count). The Kier molecular flexibility index (Phi) is 9.94. The Hall–Kier alpha value is -2.58. The number of benzene rings is 2. The monoisotopic (exact) mass is 507 g/mol. The van der Waals surface area contributed by atoms with E-state index in [-0.39, 0.29) is 18.5 Å². The second-order valence-electron chi connectivity index (χ2n) is 8.52. The van der Waals surface area contributed by atoms with Crippen molar-refractivity contribution >= 4 is 39.1 Å². The summed E-state index contributed by atoms with van der Waals surface area (Å²) in [6.45, 7) is 7.16. The molecule has 0 fully saturated rings. The molecule has 2 aromatic carbocycles. The molecular weight excluding hydrogens is 474 g/mol. The third-order valence-corrected chi connectivity index (χ3v) is 7.32. The first-order valence-corrected chi connectivity index (χ1v) is 13.5. The fourth-order valence-electron chi connectivity index (χ4n) is 3.39. The fourth-order valence-corrected chi connectivity index (χ4v) is 4.40. The number of carbonyl (C=O) groups excluding carboxylic acids is 2. The lowest BCUT2D eigenvalue weighted by Gasteiger charge is -2.32. The van der Waals surface area contributed by atoms with Crippen LogP contribution in [0.3, 0.4) is 0 Å². The van der Waals surface area contributed by atoms with Gasteiger partial charge in [-0.25, -0.2) is 8.42 Å². The summed E-state index contributed by atoms with van der Waals surface area (Å²) in [5.74, 6) is -0.745. The van der Waals surface area contributed by atoms with Gasteiger partial charge in [-0.05, 0) is 56.9 Å². The van der Waals surface area contributed by atoms with Gasteiger partial charge in [0.1, 0.15) is 12.6 Å². The highest BCUT2D eigenvalue weighted by Gasteiger charge is 2.30. The molecule has 186 valence electrons. The predicted molar refractivity (Wildman–Crippen MR) is 138 cm³/mol. The normalized spacial score (nSPS) is 13.1. The van der Waals surface area contributed by atoms with Crippen LogP contribution in [0, 0.1) is 6.92 Å². The summed E-state index contributed by atoms with van der Waals surface area (Å²) in [6, 6.07) is 13.7. The number of halogens is 1. The fraction of sp³-hybridized carbons (Fsp3) is 0.440. The van der Waals surface area contributed by atoms with Crippen LogP contribution in [-0.4, -0.2) is 56.6 Å². The smallest absolute Gasteiger partial charge is 0.244 e. The molecule has 2 amide bonds. The van der Waals surface area contributed by atoms with Crippen LogP contribution in [0.15, 0.2) is 48.5 Å². The molecule has 0 aromatic heterocycles. The lowest BCUT2D eigenvalue weighted by Crippen LogP contribution is -2.53. The van der Waals surface area contributed by atoms with Gasteiger partial charge in [0.15, 0.2) is 0 Å². The van der Waals surface area contributed by atoms with E-state index in [2.05, 4.69) is 5.32 Å². The Morgan fingerprint density at radius 1 is 1.09 bits per heavy atom. The van der Waals surface area contributed by atoms with Crippen LogP contribution in [0.4, 0.5) is 5.69 Å². The Bertz CT molecular complexity index is 1090. The summed E-state index contributed by atoms with van der Waals surface area (Å²) in [5.41, 5.74) is 2.11. The SMILES string of the molecule is CC[C@H](C)NC(=O)[C@H](C)N(CCc1ccccc1)C(=O)CN(c1ccc(C)c(Cl)c1)S(C)(=O)=O. The van der Waals surface area contributed by atoms with E-state index in [0.29, 0.717) is 17.1 Å². The van der Waals surface area contributed by atoms with Gasteiger partial charge >= 0.3 is 0 Å². The molecule has 0 aliphatic rings. The van der Waals surface area contributed by atoms with Gasteiger partial charge in [0.25, 0.3) is 0 Å². The number of amides is 2. The maximum absolute atomic E-state index is 13.5. The van der Waals surface area contributed by atoms with Gasteiger partial charge in [-0.3, -0.25) is 13.9 Å². The van der Waals surface area contributed by atoms with Crippen molar-refractivity contribution in [3.05, 3.63) is 64.7 Å². The number of hydrogen-bond acceptors (Lipinski definition) is 4. The third kappa shape index (κ3) is 7.74. The maximum atomic E-state index is 13.5. The Labute approximate surface area is 208 Å². The van der Waals surface area contributed by atoms with Crippen molar-refractivity contribution in [2.75, 3.05) is 23.7 Å². The zero-order valence-electron chi connectivity index (χ0n) is 20.4. The lowest BCUT2D eigenvalue weighted by atomic mass is 10.1. The highest BCUT2D eigenvalue weighted by molar-refractivity contribution is 7.92. The summed E-state index contributed by atoms with van der Waals surface area (Å²) in [4.78, 5) is 27.7. The molecule has 0 aliphatic carbocycles. The van der Waals surface area contributed by atoms with Crippen molar-refractivity contribution in [3.8, 4) is 0 Å². The molecule has 9 heteroatoms. The minimum Gasteiger partial charge on any atom is -0.352 e. The summed E-state index contributed by atoms with van der Waals surface area (Å²) in [7, 11) is -3.79. The van der Waals surface area contributed by atoms with Crippen LogP contribution in [0.2, 0.25) is 5.02 Å². The standard InChI is InChI=1S/C25H34ClN3O4S/c1-6-19(3)27-25(31)20(4)28(15-14-21-10-8-7-9-11-21)24(30)17-29(34(5,32)33)22-13-12-18(2)23(26)16-22/h7-13,16,19-20H,6,14-15,17H2,1-5H3,(H,27,31)/t19-,20-/m0/s1. The lowest BCUT2D eigenvalue weighted by molar-refractivity contribution is -0.139. The number of sulfonamides is 1. The van der Waals surface area contributed by atoms with E-state index in [9.17, 15) is 18.0 Å². The molecule has 0 radical (unpaired) electrons. The molecule has 0 heterocycles. The van der Waals surface area contributed by atoms with Crippen molar-refractivity contribution in [2.45, 2.75) is 52.6 Å². The van der Waals surface area contributed by atoms with Gasteiger partial charge in [0, 0.05) is 17.6 Å². The molecule has 0 saturated heterocycles. The molecule has 1 N–H and O–H groups in total. The second-order valence-corrected chi connectivity index (χ2v) is 10.8. The van der Waals surface area contributed by atoms with E-state index < -0.39 is 28.5 Å². The second kappa shape index (κ2) is 12.2. The van der Waals surface area contributed by atoms with Crippen molar-refractivity contribution in [2.24, 2.45) is 0 Å². The Balaban J connectivity index is 2.33. The highest BCUT2D eigenvalue weighted by atomic mass is 35.5. The maximum Gasteiger partial charge on any atom is 0.244 e. The molecule has 0 saturated carbocycles. The quantitative estimate of drug-likeness (QED) is 0.501. The van der Waals surface area contributed by atoms with E-state index in [4.69, 9.17) is 11.6 Å². The van der Waals surface area contributed by atoms with Crippen molar-refractivity contribution < 1.29 is 18.0 Å². The number of anilines is 1. The van der Waals surface area contributed by atoms with E-state index in [1.807, 2.05) is 51.1 Å². The topological polar surface area (TPSA) is 86.8 Å². The molecule has 7 nitrogen and oxygen atoms in total. The molecule has 2 atom stereocenters. The number of hydrogen-bond donors (Lipinski definition) is 1. The summed E-state index contributed by atoms with van der Waals surface area (Å²) in [6.07, 6.45) is 2.33. The first-order valence-electron chi connectivity index (χ1n) is 11.3. The number of aryl methyl sites for hydroxylation is 1. The van der Waals surface area contributed by atoms with Gasteiger partial charge in [0.05, 0.1) is 11.9 Å². The first-order chi connectivity index (χ1) is 15.9. The van der Waals surface area contributed by atoms with Crippen LogP contribution < -0.4 is 9.62 Å². The molecule has 0 spiro atoms. The van der Waals surface area contributed by atoms with Crippen molar-refractivity contribution in [3.63, 3.8) is 0 Å². The predicted octanol–water partition coefficient (Wildman–Crippen LogP) is 3.79. The van der Waals surface area contributed by atoms with E-state index >= 15 is 0 Å². The van der Waals surface area contributed by atoms with Crippen LogP contribution in [-0.2, 0) is 26.0 Å². The molecular formula is C25H34ClN3O4S. The Morgan fingerprint density at radius 2 is 1.74 bits per heavy atom. The largest absolute Gasteiger partial charge is 0.352 e. The van der Waals surface area contributed by atoms with Gasteiger partial charge in [-0.15, -0.1) is 0 Å².